The van der Waals surface area contributed by atoms with Crippen LogP contribution in [-0.2, 0) is 6.54 Å². The number of benzene rings is 1. The van der Waals surface area contributed by atoms with Gasteiger partial charge < -0.3 is 5.32 Å². The molecule has 3 rings (SSSR count). The number of halogens is 2. The van der Waals surface area contributed by atoms with Gasteiger partial charge in [-0.25, -0.2) is 13.8 Å². The third-order valence-electron chi connectivity index (χ3n) is 3.60. The Bertz CT molecular complexity index is 796. The van der Waals surface area contributed by atoms with Crippen LogP contribution in [-0.4, -0.2) is 19.6 Å². The fraction of sp³-hybridized carbons (Fsp3) is 0.267. The Morgan fingerprint density at radius 3 is 2.59 bits per heavy atom. The monoisotopic (exact) mass is 303 g/mol. The molecule has 2 heterocycles. The Balaban J connectivity index is 1.84. The maximum Gasteiger partial charge on any atom is 0.263 e. The highest BCUT2D eigenvalue weighted by Crippen LogP contribution is 2.21. The molecule has 7 heteroatoms. The SMILES string of the molecule is Cc1nc2ncnn2c(NCc2ccc(C(F)F)cc2)c1C. The molecule has 0 saturated carbocycles. The van der Waals surface area contributed by atoms with E-state index in [4.69, 9.17) is 0 Å². The highest BCUT2D eigenvalue weighted by Gasteiger charge is 2.11. The third kappa shape index (κ3) is 2.61. The van der Waals surface area contributed by atoms with E-state index in [-0.39, 0.29) is 5.56 Å². The summed E-state index contributed by atoms with van der Waals surface area (Å²) in [6.45, 7) is 4.36. The number of fused-ring (bicyclic) bond motifs is 1. The van der Waals surface area contributed by atoms with Crippen LogP contribution in [0.15, 0.2) is 30.6 Å². The normalized spacial score (nSPS) is 11.3. The summed E-state index contributed by atoms with van der Waals surface area (Å²) in [6, 6.07) is 6.27. The summed E-state index contributed by atoms with van der Waals surface area (Å²) in [5.74, 6) is 1.33. The molecule has 0 bridgehead atoms. The van der Waals surface area contributed by atoms with Crippen LogP contribution in [0.5, 0.6) is 0 Å². The third-order valence-corrected chi connectivity index (χ3v) is 3.60. The number of rotatable bonds is 4. The van der Waals surface area contributed by atoms with E-state index in [1.165, 1.54) is 18.5 Å². The van der Waals surface area contributed by atoms with E-state index in [0.717, 1.165) is 22.6 Å². The summed E-state index contributed by atoms with van der Waals surface area (Å²) in [7, 11) is 0. The molecule has 0 radical (unpaired) electrons. The van der Waals surface area contributed by atoms with E-state index in [1.807, 2.05) is 13.8 Å². The molecule has 0 spiro atoms. The second kappa shape index (κ2) is 5.67. The second-order valence-electron chi connectivity index (χ2n) is 5.04. The predicted molar refractivity (Wildman–Crippen MR) is 79.0 cm³/mol. The van der Waals surface area contributed by atoms with Crippen LogP contribution in [0.4, 0.5) is 14.6 Å². The minimum Gasteiger partial charge on any atom is -0.366 e. The zero-order chi connectivity index (χ0) is 15.7. The second-order valence-corrected chi connectivity index (χ2v) is 5.04. The standard InChI is InChI=1S/C15H15F2N5/c1-9-10(2)21-15-19-8-20-22(15)14(9)18-7-11-3-5-12(6-4-11)13(16)17/h3-6,8,13,18H,7H2,1-2H3. The van der Waals surface area contributed by atoms with Crippen LogP contribution in [0.3, 0.4) is 0 Å². The molecule has 0 aliphatic rings. The number of aryl methyl sites for hydroxylation is 1. The molecule has 0 aliphatic heterocycles. The number of alkyl halides is 2. The first-order valence-corrected chi connectivity index (χ1v) is 6.84. The van der Waals surface area contributed by atoms with Crippen molar-refractivity contribution < 1.29 is 8.78 Å². The lowest BCUT2D eigenvalue weighted by molar-refractivity contribution is 0.151. The summed E-state index contributed by atoms with van der Waals surface area (Å²) in [5, 5.41) is 7.43. The highest BCUT2D eigenvalue weighted by molar-refractivity contribution is 5.52. The van der Waals surface area contributed by atoms with Crippen molar-refractivity contribution in [3.8, 4) is 0 Å². The van der Waals surface area contributed by atoms with Crippen molar-refractivity contribution in [2.24, 2.45) is 0 Å². The first kappa shape index (κ1) is 14.4. The van der Waals surface area contributed by atoms with Crippen molar-refractivity contribution in [3.63, 3.8) is 0 Å². The summed E-state index contributed by atoms with van der Waals surface area (Å²) in [6.07, 6.45) is -0.994. The molecule has 0 unspecified atom stereocenters. The van der Waals surface area contributed by atoms with Gasteiger partial charge in [-0.1, -0.05) is 24.3 Å². The zero-order valence-electron chi connectivity index (χ0n) is 12.2. The number of hydrogen-bond donors (Lipinski definition) is 1. The van der Waals surface area contributed by atoms with Crippen molar-refractivity contribution in [1.29, 1.82) is 0 Å². The molecule has 3 aromatic rings. The van der Waals surface area contributed by atoms with Gasteiger partial charge in [-0.2, -0.15) is 14.6 Å². The van der Waals surface area contributed by atoms with Crippen LogP contribution >= 0.6 is 0 Å². The molecule has 2 aromatic heterocycles. The Morgan fingerprint density at radius 2 is 1.91 bits per heavy atom. The molecular weight excluding hydrogens is 288 g/mol. The number of hydrogen-bond acceptors (Lipinski definition) is 4. The Morgan fingerprint density at radius 1 is 1.18 bits per heavy atom. The number of anilines is 1. The van der Waals surface area contributed by atoms with Crippen LogP contribution in [0.1, 0.15) is 28.8 Å². The van der Waals surface area contributed by atoms with E-state index in [1.54, 1.807) is 16.6 Å². The fourth-order valence-electron chi connectivity index (χ4n) is 2.21. The molecule has 1 N–H and O–H groups in total. The summed E-state index contributed by atoms with van der Waals surface area (Å²) in [4.78, 5) is 8.43. The average Bonchev–Trinajstić information content (AvgIpc) is 2.96. The Labute approximate surface area is 126 Å². The highest BCUT2D eigenvalue weighted by atomic mass is 19.3. The first-order chi connectivity index (χ1) is 10.6. The van der Waals surface area contributed by atoms with Gasteiger partial charge in [-0.15, -0.1) is 0 Å². The lowest BCUT2D eigenvalue weighted by Gasteiger charge is -2.12. The molecule has 0 amide bonds. The van der Waals surface area contributed by atoms with Crippen molar-refractivity contribution in [1.82, 2.24) is 19.6 Å². The Hall–Kier alpha value is -2.57. The van der Waals surface area contributed by atoms with Crippen LogP contribution in [0.2, 0.25) is 0 Å². The number of aromatic nitrogens is 4. The van der Waals surface area contributed by atoms with Crippen molar-refractivity contribution in [3.05, 3.63) is 53.0 Å². The molecular formula is C15H15F2N5. The van der Waals surface area contributed by atoms with Crippen LogP contribution < -0.4 is 5.32 Å². The molecule has 22 heavy (non-hydrogen) atoms. The van der Waals surface area contributed by atoms with Gasteiger partial charge in [0.1, 0.15) is 12.1 Å². The van der Waals surface area contributed by atoms with Gasteiger partial charge in [0.25, 0.3) is 12.2 Å². The van der Waals surface area contributed by atoms with Gasteiger partial charge in [-0.05, 0) is 19.4 Å². The van der Waals surface area contributed by atoms with Gasteiger partial charge in [0, 0.05) is 23.4 Å². The van der Waals surface area contributed by atoms with Gasteiger partial charge in [0.05, 0.1) is 0 Å². The first-order valence-electron chi connectivity index (χ1n) is 6.84. The lowest BCUT2D eigenvalue weighted by Crippen LogP contribution is -2.09. The number of nitrogens with zero attached hydrogens (tertiary/aromatic N) is 4. The van der Waals surface area contributed by atoms with Crippen molar-refractivity contribution in [2.75, 3.05) is 5.32 Å². The fourth-order valence-corrected chi connectivity index (χ4v) is 2.21. The maximum atomic E-state index is 12.5. The van der Waals surface area contributed by atoms with Gasteiger partial charge in [0.2, 0.25) is 0 Å². The Kier molecular flexibility index (Phi) is 3.70. The van der Waals surface area contributed by atoms with Gasteiger partial charge in [-0.3, -0.25) is 0 Å². The van der Waals surface area contributed by atoms with E-state index in [0.29, 0.717) is 12.3 Å². The predicted octanol–water partition coefficient (Wildman–Crippen LogP) is 3.29. The quantitative estimate of drug-likeness (QED) is 0.803. The molecule has 5 nitrogen and oxygen atoms in total. The molecule has 0 aliphatic carbocycles. The minimum absolute atomic E-state index is 0.0263. The maximum absolute atomic E-state index is 12.5. The van der Waals surface area contributed by atoms with Crippen molar-refractivity contribution in [2.45, 2.75) is 26.8 Å². The zero-order valence-corrected chi connectivity index (χ0v) is 12.2. The largest absolute Gasteiger partial charge is 0.366 e. The van der Waals surface area contributed by atoms with Gasteiger partial charge >= 0.3 is 0 Å². The van der Waals surface area contributed by atoms with Crippen LogP contribution in [0.25, 0.3) is 5.78 Å². The molecule has 0 atom stereocenters. The smallest absolute Gasteiger partial charge is 0.263 e. The van der Waals surface area contributed by atoms with Crippen LogP contribution in [0, 0.1) is 13.8 Å². The van der Waals surface area contributed by atoms with E-state index in [9.17, 15) is 8.78 Å². The topological polar surface area (TPSA) is 55.1 Å². The average molecular weight is 303 g/mol. The molecule has 0 saturated heterocycles. The summed E-state index contributed by atoms with van der Waals surface area (Å²) >= 11 is 0. The van der Waals surface area contributed by atoms with E-state index < -0.39 is 6.43 Å². The minimum atomic E-state index is -2.44. The van der Waals surface area contributed by atoms with E-state index >= 15 is 0 Å². The molecule has 114 valence electrons. The molecule has 1 aromatic carbocycles. The number of nitrogens with one attached hydrogen (secondary N) is 1. The van der Waals surface area contributed by atoms with Gasteiger partial charge in [0.15, 0.2) is 0 Å². The van der Waals surface area contributed by atoms with Crippen molar-refractivity contribution >= 4 is 11.6 Å². The van der Waals surface area contributed by atoms with E-state index in [2.05, 4.69) is 20.4 Å². The lowest BCUT2D eigenvalue weighted by atomic mass is 10.1. The summed E-state index contributed by atoms with van der Waals surface area (Å²) in [5.41, 5.74) is 2.78. The molecule has 0 fully saturated rings. The summed E-state index contributed by atoms with van der Waals surface area (Å²) < 4.78 is 26.7.